The van der Waals surface area contributed by atoms with Gasteiger partial charge in [0.1, 0.15) is 0 Å². The Morgan fingerprint density at radius 2 is 1.62 bits per heavy atom. The van der Waals surface area contributed by atoms with Crippen LogP contribution in [0.2, 0.25) is 0 Å². The van der Waals surface area contributed by atoms with Crippen LogP contribution in [0.5, 0.6) is 0 Å². The summed E-state index contributed by atoms with van der Waals surface area (Å²) in [6, 6.07) is 21.4. The number of hydrogen-bond acceptors (Lipinski definition) is 2. The molecule has 4 nitrogen and oxygen atoms in total. The fourth-order valence-corrected chi connectivity index (χ4v) is 2.94. The summed E-state index contributed by atoms with van der Waals surface area (Å²) in [5, 5.41) is 7.91. The maximum Gasteiger partial charge on any atom is 0.251 e. The van der Waals surface area contributed by atoms with Gasteiger partial charge < -0.3 is 10.6 Å². The number of fused-ring (bicyclic) bond motifs is 1. The number of hydrogen-bond donors (Lipinski definition) is 2. The van der Waals surface area contributed by atoms with E-state index in [1.54, 1.807) is 6.07 Å². The monoisotopic (exact) mass is 346 g/mol. The average molecular weight is 346 g/mol. The Bertz CT molecular complexity index is 950. The van der Waals surface area contributed by atoms with Crippen molar-refractivity contribution >= 4 is 22.6 Å². The van der Waals surface area contributed by atoms with Crippen molar-refractivity contribution in [2.45, 2.75) is 19.9 Å². The van der Waals surface area contributed by atoms with Gasteiger partial charge in [0, 0.05) is 5.56 Å². The zero-order valence-electron chi connectivity index (χ0n) is 15.0. The topological polar surface area (TPSA) is 58.2 Å². The molecule has 0 bridgehead atoms. The number of nitrogens with one attached hydrogen (secondary N) is 2. The molecule has 2 N–H and O–H groups in total. The van der Waals surface area contributed by atoms with E-state index in [4.69, 9.17) is 0 Å². The van der Waals surface area contributed by atoms with Crippen molar-refractivity contribution in [1.82, 2.24) is 10.6 Å². The van der Waals surface area contributed by atoms with Gasteiger partial charge in [0.05, 0.1) is 12.6 Å². The van der Waals surface area contributed by atoms with Crippen LogP contribution >= 0.6 is 0 Å². The molecule has 4 heteroatoms. The van der Waals surface area contributed by atoms with Crippen LogP contribution in [-0.2, 0) is 4.79 Å². The van der Waals surface area contributed by atoms with Gasteiger partial charge in [-0.3, -0.25) is 9.59 Å². The second-order valence-corrected chi connectivity index (χ2v) is 6.39. The van der Waals surface area contributed by atoms with E-state index in [0.717, 1.165) is 16.5 Å². The molecule has 0 saturated carbocycles. The maximum absolute atomic E-state index is 12.2. The first kappa shape index (κ1) is 17.7. The minimum Gasteiger partial charge on any atom is -0.348 e. The van der Waals surface area contributed by atoms with E-state index in [2.05, 4.69) is 28.8 Å². The van der Waals surface area contributed by atoms with Crippen molar-refractivity contribution < 1.29 is 9.59 Å². The standard InChI is InChI=1S/C22H22N2O2/c1-15-7-3-6-10-20(15)22(26)23-14-21(25)24-16(2)18-12-11-17-8-4-5-9-19(17)13-18/h3-13,16H,14H2,1-2H3,(H,23,26)(H,24,25). The Hall–Kier alpha value is -3.14. The summed E-state index contributed by atoms with van der Waals surface area (Å²) >= 11 is 0. The molecule has 0 aliphatic carbocycles. The van der Waals surface area contributed by atoms with E-state index in [1.165, 1.54) is 5.39 Å². The zero-order chi connectivity index (χ0) is 18.5. The molecular formula is C22H22N2O2. The van der Waals surface area contributed by atoms with Gasteiger partial charge in [-0.1, -0.05) is 54.6 Å². The second-order valence-electron chi connectivity index (χ2n) is 6.39. The van der Waals surface area contributed by atoms with Crippen molar-refractivity contribution in [2.75, 3.05) is 6.54 Å². The third-order valence-electron chi connectivity index (χ3n) is 4.45. The summed E-state index contributed by atoms with van der Waals surface area (Å²) in [4.78, 5) is 24.4. The molecule has 0 fully saturated rings. The Labute approximate surface area is 153 Å². The summed E-state index contributed by atoms with van der Waals surface area (Å²) in [6.45, 7) is 3.76. The van der Waals surface area contributed by atoms with Gasteiger partial charge in [0.15, 0.2) is 0 Å². The molecule has 0 aromatic heterocycles. The van der Waals surface area contributed by atoms with Crippen LogP contribution in [0.4, 0.5) is 0 Å². The molecule has 1 atom stereocenters. The molecule has 0 heterocycles. The Balaban J connectivity index is 1.58. The summed E-state index contributed by atoms with van der Waals surface area (Å²) in [7, 11) is 0. The van der Waals surface area contributed by atoms with Gasteiger partial charge in [0.25, 0.3) is 5.91 Å². The maximum atomic E-state index is 12.2. The largest absolute Gasteiger partial charge is 0.348 e. The fraction of sp³-hybridized carbons (Fsp3) is 0.182. The molecule has 0 radical (unpaired) electrons. The van der Waals surface area contributed by atoms with Crippen molar-refractivity contribution in [3.63, 3.8) is 0 Å². The predicted molar refractivity (Wildman–Crippen MR) is 104 cm³/mol. The van der Waals surface area contributed by atoms with Gasteiger partial charge in [-0.05, 0) is 47.9 Å². The molecule has 0 spiro atoms. The number of amides is 2. The molecule has 3 aromatic rings. The van der Waals surface area contributed by atoms with Crippen LogP contribution < -0.4 is 10.6 Å². The lowest BCUT2D eigenvalue weighted by molar-refractivity contribution is -0.120. The first-order valence-corrected chi connectivity index (χ1v) is 8.66. The number of rotatable bonds is 5. The van der Waals surface area contributed by atoms with Crippen LogP contribution in [-0.4, -0.2) is 18.4 Å². The fourth-order valence-electron chi connectivity index (χ4n) is 2.94. The Morgan fingerprint density at radius 1 is 0.923 bits per heavy atom. The van der Waals surface area contributed by atoms with Crippen LogP contribution in [0, 0.1) is 6.92 Å². The Kier molecular flexibility index (Phi) is 5.32. The summed E-state index contributed by atoms with van der Waals surface area (Å²) in [5.41, 5.74) is 2.50. The number of aryl methyl sites for hydroxylation is 1. The predicted octanol–water partition coefficient (Wildman–Crippen LogP) is 3.76. The minimum atomic E-state index is -0.239. The first-order valence-electron chi connectivity index (χ1n) is 8.66. The molecule has 1 unspecified atom stereocenters. The lowest BCUT2D eigenvalue weighted by Gasteiger charge is -2.15. The highest BCUT2D eigenvalue weighted by atomic mass is 16.2. The van der Waals surface area contributed by atoms with Crippen LogP contribution in [0.3, 0.4) is 0 Å². The van der Waals surface area contributed by atoms with E-state index in [-0.39, 0.29) is 24.4 Å². The van der Waals surface area contributed by atoms with Crippen molar-refractivity contribution in [1.29, 1.82) is 0 Å². The van der Waals surface area contributed by atoms with Gasteiger partial charge in [-0.2, -0.15) is 0 Å². The molecule has 2 amide bonds. The van der Waals surface area contributed by atoms with Gasteiger partial charge in [-0.25, -0.2) is 0 Å². The third-order valence-corrected chi connectivity index (χ3v) is 4.45. The van der Waals surface area contributed by atoms with Crippen LogP contribution in [0.15, 0.2) is 66.7 Å². The van der Waals surface area contributed by atoms with E-state index in [1.807, 2.05) is 56.3 Å². The summed E-state index contributed by atoms with van der Waals surface area (Å²) < 4.78 is 0. The van der Waals surface area contributed by atoms with Gasteiger partial charge in [-0.15, -0.1) is 0 Å². The van der Waals surface area contributed by atoms with Gasteiger partial charge in [0.2, 0.25) is 5.91 Å². The highest BCUT2D eigenvalue weighted by Crippen LogP contribution is 2.20. The molecule has 0 aliphatic rings. The Morgan fingerprint density at radius 3 is 2.38 bits per heavy atom. The SMILES string of the molecule is Cc1ccccc1C(=O)NCC(=O)NC(C)c1ccc2ccccc2c1. The average Bonchev–Trinajstić information content (AvgIpc) is 2.66. The zero-order valence-corrected chi connectivity index (χ0v) is 15.0. The molecule has 132 valence electrons. The van der Waals surface area contributed by atoms with Crippen LogP contribution in [0.1, 0.15) is 34.5 Å². The van der Waals surface area contributed by atoms with E-state index in [9.17, 15) is 9.59 Å². The lowest BCUT2D eigenvalue weighted by atomic mass is 10.0. The van der Waals surface area contributed by atoms with Crippen LogP contribution in [0.25, 0.3) is 10.8 Å². The smallest absolute Gasteiger partial charge is 0.251 e. The summed E-state index contributed by atoms with van der Waals surface area (Å²) in [6.07, 6.45) is 0. The van der Waals surface area contributed by atoms with E-state index in [0.29, 0.717) is 5.56 Å². The molecule has 3 rings (SSSR count). The minimum absolute atomic E-state index is 0.0505. The molecule has 26 heavy (non-hydrogen) atoms. The van der Waals surface area contributed by atoms with E-state index < -0.39 is 0 Å². The first-order chi connectivity index (χ1) is 12.5. The second kappa shape index (κ2) is 7.83. The highest BCUT2D eigenvalue weighted by Gasteiger charge is 2.13. The van der Waals surface area contributed by atoms with Crippen molar-refractivity contribution in [3.8, 4) is 0 Å². The lowest BCUT2D eigenvalue weighted by Crippen LogP contribution is -2.38. The molecular weight excluding hydrogens is 324 g/mol. The third kappa shape index (κ3) is 4.09. The molecule has 0 saturated heterocycles. The normalized spacial score (nSPS) is 11.8. The number of carbonyl (C=O) groups excluding carboxylic acids is 2. The number of benzene rings is 3. The van der Waals surface area contributed by atoms with Gasteiger partial charge >= 0.3 is 0 Å². The quantitative estimate of drug-likeness (QED) is 0.739. The molecule has 0 aliphatic heterocycles. The molecule has 3 aromatic carbocycles. The highest BCUT2D eigenvalue weighted by molar-refractivity contribution is 5.97. The van der Waals surface area contributed by atoms with Crippen molar-refractivity contribution in [2.24, 2.45) is 0 Å². The van der Waals surface area contributed by atoms with E-state index >= 15 is 0 Å². The number of carbonyl (C=O) groups is 2. The van der Waals surface area contributed by atoms with Crippen molar-refractivity contribution in [3.05, 3.63) is 83.4 Å². The summed E-state index contributed by atoms with van der Waals surface area (Å²) in [5.74, 6) is -0.454.